The fraction of sp³-hybridized carbons (Fsp3) is 0.533. The van der Waals surface area contributed by atoms with Crippen molar-refractivity contribution in [1.29, 1.82) is 0 Å². The van der Waals surface area contributed by atoms with Gasteiger partial charge in [-0.3, -0.25) is 9.69 Å². The maximum Gasteiger partial charge on any atom is 0.306 e. The molecule has 0 amide bonds. The molecule has 2 atom stereocenters. The minimum absolute atomic E-state index is 0.0631. The van der Waals surface area contributed by atoms with E-state index in [0.29, 0.717) is 13.0 Å². The molecule has 0 spiro atoms. The van der Waals surface area contributed by atoms with Gasteiger partial charge in [-0.15, -0.1) is 0 Å². The number of rotatable bonds is 5. The lowest BCUT2D eigenvalue weighted by molar-refractivity contribution is -0.144. The average Bonchev–Trinajstić information content (AvgIpc) is 2.71. The zero-order valence-corrected chi connectivity index (χ0v) is 11.4. The van der Waals surface area contributed by atoms with Crippen LogP contribution >= 0.6 is 0 Å². The molecular weight excluding hydrogens is 240 g/mol. The summed E-state index contributed by atoms with van der Waals surface area (Å²) in [6.07, 6.45) is 0.431. The van der Waals surface area contributed by atoms with Gasteiger partial charge in [0.15, 0.2) is 0 Å². The Balaban J connectivity index is 1.85. The van der Waals surface area contributed by atoms with Crippen LogP contribution in [0.3, 0.4) is 0 Å². The molecule has 4 heteroatoms. The molecule has 104 valence electrons. The number of nitrogens with zero attached hydrogens (tertiary/aromatic N) is 1. The first kappa shape index (κ1) is 14.0. The number of likely N-dealkylation sites (tertiary alicyclic amines) is 1. The first-order valence-electron chi connectivity index (χ1n) is 6.86. The Labute approximate surface area is 114 Å². The summed E-state index contributed by atoms with van der Waals surface area (Å²) in [4.78, 5) is 13.8. The van der Waals surface area contributed by atoms with E-state index in [4.69, 9.17) is 10.5 Å². The maximum absolute atomic E-state index is 11.5. The van der Waals surface area contributed by atoms with Crippen molar-refractivity contribution in [3.63, 3.8) is 0 Å². The topological polar surface area (TPSA) is 55.6 Å². The van der Waals surface area contributed by atoms with Crippen molar-refractivity contribution in [2.24, 2.45) is 11.7 Å². The van der Waals surface area contributed by atoms with Crippen molar-refractivity contribution in [3.05, 3.63) is 35.9 Å². The van der Waals surface area contributed by atoms with E-state index < -0.39 is 0 Å². The van der Waals surface area contributed by atoms with E-state index >= 15 is 0 Å². The zero-order valence-electron chi connectivity index (χ0n) is 11.4. The highest BCUT2D eigenvalue weighted by Crippen LogP contribution is 2.21. The minimum atomic E-state index is -0.135. The summed E-state index contributed by atoms with van der Waals surface area (Å²) in [7, 11) is 0. The number of carbonyl (C=O) groups is 1. The summed E-state index contributed by atoms with van der Waals surface area (Å²) in [6.45, 7) is 4.88. The van der Waals surface area contributed by atoms with Crippen LogP contribution in [0.25, 0.3) is 0 Å². The summed E-state index contributed by atoms with van der Waals surface area (Å²) in [5.41, 5.74) is 7.40. The molecule has 1 aromatic rings. The van der Waals surface area contributed by atoms with Crippen molar-refractivity contribution in [2.45, 2.75) is 25.9 Å². The van der Waals surface area contributed by atoms with Gasteiger partial charge in [0.05, 0.1) is 13.0 Å². The normalized spacial score (nSPS) is 23.5. The zero-order chi connectivity index (χ0) is 13.7. The molecule has 0 bridgehead atoms. The predicted molar refractivity (Wildman–Crippen MR) is 74.4 cm³/mol. The van der Waals surface area contributed by atoms with Gasteiger partial charge in [0.25, 0.3) is 0 Å². The van der Waals surface area contributed by atoms with Gasteiger partial charge < -0.3 is 10.5 Å². The second kappa shape index (κ2) is 6.68. The summed E-state index contributed by atoms with van der Waals surface area (Å²) in [5.74, 6) is 0.0762. The molecular formula is C15H22N2O2. The third-order valence-electron chi connectivity index (χ3n) is 3.55. The van der Waals surface area contributed by atoms with Gasteiger partial charge in [0, 0.05) is 25.7 Å². The number of carbonyl (C=O) groups excluding carboxylic acids is 1. The SMILES string of the molecule is CCOC(=O)CC1CN(Cc2ccccc2)CC1N. The van der Waals surface area contributed by atoms with Crippen LogP contribution < -0.4 is 5.73 Å². The smallest absolute Gasteiger partial charge is 0.306 e. The van der Waals surface area contributed by atoms with Gasteiger partial charge >= 0.3 is 5.97 Å². The van der Waals surface area contributed by atoms with Crippen molar-refractivity contribution < 1.29 is 9.53 Å². The summed E-state index contributed by atoms with van der Waals surface area (Å²) in [6, 6.07) is 10.4. The number of esters is 1. The molecule has 4 nitrogen and oxygen atoms in total. The molecule has 0 saturated carbocycles. The van der Waals surface area contributed by atoms with Gasteiger partial charge in [-0.1, -0.05) is 30.3 Å². The van der Waals surface area contributed by atoms with Crippen LogP contribution in [0.1, 0.15) is 18.9 Å². The van der Waals surface area contributed by atoms with Crippen LogP contribution in [0.2, 0.25) is 0 Å². The van der Waals surface area contributed by atoms with E-state index in [1.165, 1.54) is 5.56 Å². The number of ether oxygens (including phenoxy) is 1. The van der Waals surface area contributed by atoms with E-state index in [1.807, 2.05) is 25.1 Å². The van der Waals surface area contributed by atoms with Crippen molar-refractivity contribution >= 4 is 5.97 Å². The van der Waals surface area contributed by atoms with Crippen LogP contribution in [-0.2, 0) is 16.1 Å². The van der Waals surface area contributed by atoms with E-state index in [1.54, 1.807) is 0 Å². The summed E-state index contributed by atoms with van der Waals surface area (Å²) >= 11 is 0. The Bertz CT molecular complexity index is 408. The molecule has 0 aliphatic carbocycles. The van der Waals surface area contributed by atoms with Crippen LogP contribution in [0.5, 0.6) is 0 Å². The molecule has 19 heavy (non-hydrogen) atoms. The van der Waals surface area contributed by atoms with E-state index in [9.17, 15) is 4.79 Å². The third kappa shape index (κ3) is 4.04. The highest BCUT2D eigenvalue weighted by atomic mass is 16.5. The molecule has 1 aromatic carbocycles. The molecule has 1 heterocycles. The van der Waals surface area contributed by atoms with Crippen molar-refractivity contribution in [3.8, 4) is 0 Å². The fourth-order valence-electron chi connectivity index (χ4n) is 2.61. The summed E-state index contributed by atoms with van der Waals surface area (Å²) < 4.78 is 4.99. The molecule has 2 rings (SSSR count). The molecule has 1 saturated heterocycles. The second-order valence-corrected chi connectivity index (χ2v) is 5.11. The van der Waals surface area contributed by atoms with Crippen molar-refractivity contribution in [1.82, 2.24) is 4.90 Å². The molecule has 0 aromatic heterocycles. The lowest BCUT2D eigenvalue weighted by atomic mass is 10.0. The third-order valence-corrected chi connectivity index (χ3v) is 3.55. The monoisotopic (exact) mass is 262 g/mol. The lowest BCUT2D eigenvalue weighted by Crippen LogP contribution is -2.31. The Hall–Kier alpha value is -1.39. The van der Waals surface area contributed by atoms with E-state index in [0.717, 1.165) is 19.6 Å². The van der Waals surface area contributed by atoms with Crippen LogP contribution in [-0.4, -0.2) is 36.6 Å². The number of benzene rings is 1. The first-order valence-corrected chi connectivity index (χ1v) is 6.86. The molecule has 0 radical (unpaired) electrons. The average molecular weight is 262 g/mol. The lowest BCUT2D eigenvalue weighted by Gasteiger charge is -2.15. The quantitative estimate of drug-likeness (QED) is 0.815. The van der Waals surface area contributed by atoms with Gasteiger partial charge in [-0.2, -0.15) is 0 Å². The van der Waals surface area contributed by atoms with Crippen LogP contribution in [0, 0.1) is 5.92 Å². The maximum atomic E-state index is 11.5. The fourth-order valence-corrected chi connectivity index (χ4v) is 2.61. The van der Waals surface area contributed by atoms with Crippen LogP contribution in [0.4, 0.5) is 0 Å². The molecule has 1 fully saturated rings. The highest BCUT2D eigenvalue weighted by molar-refractivity contribution is 5.69. The highest BCUT2D eigenvalue weighted by Gasteiger charge is 2.31. The second-order valence-electron chi connectivity index (χ2n) is 5.11. The standard InChI is InChI=1S/C15H22N2O2/c1-2-19-15(18)8-13-10-17(11-14(13)16)9-12-6-4-3-5-7-12/h3-7,13-14H,2,8-11,16H2,1H3. The van der Waals surface area contributed by atoms with Gasteiger partial charge in [-0.05, 0) is 18.4 Å². The molecule has 2 N–H and O–H groups in total. The van der Waals surface area contributed by atoms with Crippen LogP contribution in [0.15, 0.2) is 30.3 Å². The van der Waals surface area contributed by atoms with Gasteiger partial charge in [0.1, 0.15) is 0 Å². The Morgan fingerprint density at radius 3 is 2.79 bits per heavy atom. The number of hydrogen-bond donors (Lipinski definition) is 1. The Morgan fingerprint density at radius 2 is 2.11 bits per heavy atom. The van der Waals surface area contributed by atoms with Crippen molar-refractivity contribution in [2.75, 3.05) is 19.7 Å². The van der Waals surface area contributed by atoms with Gasteiger partial charge in [0.2, 0.25) is 0 Å². The Kier molecular flexibility index (Phi) is 4.93. The molecule has 2 unspecified atom stereocenters. The number of hydrogen-bond acceptors (Lipinski definition) is 4. The molecule has 1 aliphatic rings. The van der Waals surface area contributed by atoms with E-state index in [2.05, 4.69) is 17.0 Å². The Morgan fingerprint density at radius 1 is 1.37 bits per heavy atom. The first-order chi connectivity index (χ1) is 9.19. The summed E-state index contributed by atoms with van der Waals surface area (Å²) in [5, 5.41) is 0. The number of nitrogens with two attached hydrogens (primary N) is 1. The minimum Gasteiger partial charge on any atom is -0.466 e. The van der Waals surface area contributed by atoms with Gasteiger partial charge in [-0.25, -0.2) is 0 Å². The van der Waals surface area contributed by atoms with E-state index in [-0.39, 0.29) is 17.9 Å². The molecule has 1 aliphatic heterocycles. The largest absolute Gasteiger partial charge is 0.466 e. The predicted octanol–water partition coefficient (Wildman–Crippen LogP) is 1.40.